The summed E-state index contributed by atoms with van der Waals surface area (Å²) in [5, 5.41) is 4.63. The average molecular weight is 393 g/mol. The number of hydrogen-bond donors (Lipinski definition) is 0. The summed E-state index contributed by atoms with van der Waals surface area (Å²) in [7, 11) is 0. The lowest BCUT2D eigenvalue weighted by Crippen LogP contribution is -2.30. The first-order valence-electron chi connectivity index (χ1n) is 8.97. The molecule has 142 valence electrons. The molecule has 7 heteroatoms. The van der Waals surface area contributed by atoms with E-state index in [0.29, 0.717) is 12.3 Å². The van der Waals surface area contributed by atoms with Crippen LogP contribution in [0.5, 0.6) is 0 Å². The molecule has 0 spiro atoms. The number of para-hydroxylation sites is 1. The summed E-state index contributed by atoms with van der Waals surface area (Å²) in [6.07, 6.45) is 1.88. The second-order valence-corrected chi connectivity index (χ2v) is 7.39. The highest BCUT2D eigenvalue weighted by atomic mass is 32.2. The van der Waals surface area contributed by atoms with E-state index in [1.165, 1.54) is 16.7 Å². The molecule has 28 heavy (non-hydrogen) atoms. The Hall–Kier alpha value is -3.06. The monoisotopic (exact) mass is 393 g/mol. The van der Waals surface area contributed by atoms with Crippen LogP contribution in [0, 0.1) is 0 Å². The smallest absolute Gasteiger partial charge is 0.326 e. The molecule has 0 N–H and O–H groups in total. The summed E-state index contributed by atoms with van der Waals surface area (Å²) in [6.45, 7) is 0.671. The summed E-state index contributed by atoms with van der Waals surface area (Å²) >= 11 is 1.23. The van der Waals surface area contributed by atoms with Gasteiger partial charge in [0.1, 0.15) is 13.2 Å². The van der Waals surface area contributed by atoms with Gasteiger partial charge in [-0.3, -0.25) is 9.59 Å². The predicted octanol–water partition coefficient (Wildman–Crippen LogP) is 3.75. The standard InChI is InChI=1S/C21H19N3O3S/c25-19(14-23-11-12-28-21(23)26)27-15-17-13-24(18-9-5-2-6-10-18)22-20(17)16-7-3-1-4-8-16/h1-10,13H,11-12,14-15H2. The second-order valence-electron chi connectivity index (χ2n) is 6.35. The summed E-state index contributed by atoms with van der Waals surface area (Å²) in [6, 6.07) is 19.6. The highest BCUT2D eigenvalue weighted by molar-refractivity contribution is 8.13. The minimum absolute atomic E-state index is 0.0146. The quantitative estimate of drug-likeness (QED) is 0.597. The highest BCUT2D eigenvalue weighted by Crippen LogP contribution is 2.24. The maximum atomic E-state index is 12.2. The van der Waals surface area contributed by atoms with Crippen molar-refractivity contribution in [3.63, 3.8) is 0 Å². The van der Waals surface area contributed by atoms with Crippen LogP contribution in [0.1, 0.15) is 5.56 Å². The first kappa shape index (κ1) is 18.3. The Morgan fingerprint density at radius 2 is 1.79 bits per heavy atom. The van der Waals surface area contributed by atoms with Gasteiger partial charge in [0.25, 0.3) is 5.24 Å². The molecule has 2 heterocycles. The van der Waals surface area contributed by atoms with E-state index in [4.69, 9.17) is 9.84 Å². The number of benzene rings is 2. The van der Waals surface area contributed by atoms with Crippen LogP contribution in [-0.2, 0) is 16.1 Å². The number of nitrogens with zero attached hydrogens (tertiary/aromatic N) is 3. The lowest BCUT2D eigenvalue weighted by molar-refractivity contribution is -0.145. The van der Waals surface area contributed by atoms with Gasteiger partial charge in [0, 0.05) is 29.6 Å². The Morgan fingerprint density at radius 3 is 2.46 bits per heavy atom. The van der Waals surface area contributed by atoms with Crippen molar-refractivity contribution >= 4 is 23.0 Å². The molecular weight excluding hydrogens is 374 g/mol. The van der Waals surface area contributed by atoms with Crippen LogP contribution in [0.4, 0.5) is 4.79 Å². The summed E-state index contributed by atoms with van der Waals surface area (Å²) in [4.78, 5) is 25.4. The van der Waals surface area contributed by atoms with Gasteiger partial charge >= 0.3 is 5.97 Å². The van der Waals surface area contributed by atoms with Gasteiger partial charge in [-0.15, -0.1) is 0 Å². The van der Waals surface area contributed by atoms with Crippen molar-refractivity contribution in [1.29, 1.82) is 0 Å². The van der Waals surface area contributed by atoms with E-state index >= 15 is 0 Å². The van der Waals surface area contributed by atoms with E-state index < -0.39 is 5.97 Å². The predicted molar refractivity (Wildman–Crippen MR) is 108 cm³/mol. The van der Waals surface area contributed by atoms with Crippen molar-refractivity contribution < 1.29 is 14.3 Å². The van der Waals surface area contributed by atoms with Crippen LogP contribution in [-0.4, -0.2) is 44.7 Å². The summed E-state index contributed by atoms with van der Waals surface area (Å²) in [5.41, 5.74) is 3.46. The molecule has 4 rings (SSSR count). The first-order chi connectivity index (χ1) is 13.7. The van der Waals surface area contributed by atoms with Gasteiger partial charge in [-0.25, -0.2) is 4.68 Å². The van der Waals surface area contributed by atoms with Crippen molar-refractivity contribution in [3.05, 3.63) is 72.4 Å². The normalized spacial score (nSPS) is 13.7. The molecule has 1 fully saturated rings. The number of aromatic nitrogens is 2. The third-order valence-electron chi connectivity index (χ3n) is 4.41. The van der Waals surface area contributed by atoms with Gasteiger partial charge in [0.2, 0.25) is 0 Å². The fourth-order valence-electron chi connectivity index (χ4n) is 3.00. The van der Waals surface area contributed by atoms with E-state index in [1.54, 1.807) is 4.68 Å². The minimum Gasteiger partial charge on any atom is -0.459 e. The molecule has 0 atom stereocenters. The number of esters is 1. The Balaban J connectivity index is 1.54. The molecule has 1 amide bonds. The number of carbonyl (C=O) groups excluding carboxylic acids is 2. The molecule has 6 nitrogen and oxygen atoms in total. The van der Waals surface area contributed by atoms with E-state index in [1.807, 2.05) is 66.9 Å². The second kappa shape index (κ2) is 8.31. The lowest BCUT2D eigenvalue weighted by atomic mass is 10.1. The number of rotatable bonds is 6. The topological polar surface area (TPSA) is 64.4 Å². The minimum atomic E-state index is -0.415. The van der Waals surface area contributed by atoms with Gasteiger partial charge in [-0.2, -0.15) is 5.10 Å². The van der Waals surface area contributed by atoms with Crippen LogP contribution in [0.3, 0.4) is 0 Å². The Morgan fingerprint density at radius 1 is 1.07 bits per heavy atom. The molecule has 0 bridgehead atoms. The first-order valence-corrected chi connectivity index (χ1v) is 9.96. The fourth-order valence-corrected chi connectivity index (χ4v) is 3.82. The largest absolute Gasteiger partial charge is 0.459 e. The zero-order chi connectivity index (χ0) is 19.3. The fraction of sp³-hybridized carbons (Fsp3) is 0.190. The van der Waals surface area contributed by atoms with E-state index in [2.05, 4.69) is 0 Å². The molecule has 1 aliphatic rings. The molecular formula is C21H19N3O3S. The number of amides is 1. The summed E-state index contributed by atoms with van der Waals surface area (Å²) in [5.74, 6) is 0.302. The number of hydrogen-bond acceptors (Lipinski definition) is 5. The summed E-state index contributed by atoms with van der Waals surface area (Å²) < 4.78 is 7.24. The Labute approximate surface area is 167 Å². The molecule has 0 unspecified atom stereocenters. The Kier molecular flexibility index (Phi) is 5.43. The SMILES string of the molecule is O=C(CN1CCSC1=O)OCc1cn(-c2ccccc2)nc1-c1ccccc1. The average Bonchev–Trinajstić information content (AvgIpc) is 3.34. The van der Waals surface area contributed by atoms with Gasteiger partial charge in [-0.1, -0.05) is 60.3 Å². The van der Waals surface area contributed by atoms with Crippen molar-refractivity contribution in [2.24, 2.45) is 0 Å². The molecule has 2 aromatic carbocycles. The van der Waals surface area contributed by atoms with Crippen molar-refractivity contribution in [1.82, 2.24) is 14.7 Å². The van der Waals surface area contributed by atoms with Gasteiger partial charge < -0.3 is 9.64 Å². The van der Waals surface area contributed by atoms with Gasteiger partial charge in [0.05, 0.1) is 11.4 Å². The van der Waals surface area contributed by atoms with Crippen LogP contribution < -0.4 is 0 Å². The van der Waals surface area contributed by atoms with Gasteiger partial charge in [0.15, 0.2) is 0 Å². The molecule has 0 radical (unpaired) electrons. The van der Waals surface area contributed by atoms with E-state index in [-0.39, 0.29) is 18.4 Å². The Bertz CT molecular complexity index is 973. The number of carbonyl (C=O) groups is 2. The van der Waals surface area contributed by atoms with E-state index in [9.17, 15) is 9.59 Å². The molecule has 0 aliphatic carbocycles. The third kappa shape index (κ3) is 4.09. The third-order valence-corrected chi connectivity index (χ3v) is 5.30. The van der Waals surface area contributed by atoms with Crippen molar-refractivity contribution in [3.8, 4) is 16.9 Å². The van der Waals surface area contributed by atoms with Gasteiger partial charge in [-0.05, 0) is 12.1 Å². The van der Waals surface area contributed by atoms with Crippen LogP contribution in [0.2, 0.25) is 0 Å². The molecule has 1 saturated heterocycles. The van der Waals surface area contributed by atoms with Crippen molar-refractivity contribution in [2.45, 2.75) is 6.61 Å². The van der Waals surface area contributed by atoms with Crippen LogP contribution >= 0.6 is 11.8 Å². The maximum absolute atomic E-state index is 12.2. The molecule has 1 aliphatic heterocycles. The lowest BCUT2D eigenvalue weighted by Gasteiger charge is -2.13. The van der Waals surface area contributed by atoms with Crippen LogP contribution in [0.25, 0.3) is 16.9 Å². The number of ether oxygens (including phenoxy) is 1. The van der Waals surface area contributed by atoms with Crippen molar-refractivity contribution in [2.75, 3.05) is 18.8 Å². The molecule has 0 saturated carbocycles. The zero-order valence-corrected chi connectivity index (χ0v) is 16.0. The zero-order valence-electron chi connectivity index (χ0n) is 15.2. The highest BCUT2D eigenvalue weighted by Gasteiger charge is 2.24. The van der Waals surface area contributed by atoms with E-state index in [0.717, 1.165) is 22.5 Å². The number of thioether (sulfide) groups is 1. The molecule has 1 aromatic heterocycles. The maximum Gasteiger partial charge on any atom is 0.326 e. The van der Waals surface area contributed by atoms with Crippen LogP contribution in [0.15, 0.2) is 66.9 Å². The molecule has 3 aromatic rings.